The van der Waals surface area contributed by atoms with Crippen LogP contribution < -0.4 is 15.5 Å². The minimum atomic E-state index is -0.358. The highest BCUT2D eigenvalue weighted by molar-refractivity contribution is 14.0. The van der Waals surface area contributed by atoms with Gasteiger partial charge in [0.2, 0.25) is 0 Å². The molecule has 7 nitrogen and oxygen atoms in total. The van der Waals surface area contributed by atoms with E-state index >= 15 is 0 Å². The molecule has 1 heterocycles. The van der Waals surface area contributed by atoms with Crippen LogP contribution in [0.15, 0.2) is 53.5 Å². The molecule has 1 aliphatic heterocycles. The van der Waals surface area contributed by atoms with Crippen LogP contribution in [0.1, 0.15) is 17.5 Å². The lowest BCUT2D eigenvalue weighted by molar-refractivity contribution is -0.385. The summed E-state index contributed by atoms with van der Waals surface area (Å²) in [5.74, 6) is 0.656. The topological polar surface area (TPSA) is 82.8 Å². The van der Waals surface area contributed by atoms with Gasteiger partial charge in [-0.25, -0.2) is 0 Å². The van der Waals surface area contributed by atoms with Gasteiger partial charge in [0.1, 0.15) is 0 Å². The quantitative estimate of drug-likeness (QED) is 0.218. The van der Waals surface area contributed by atoms with Gasteiger partial charge in [0.25, 0.3) is 5.69 Å². The zero-order valence-corrected chi connectivity index (χ0v) is 18.4. The van der Waals surface area contributed by atoms with E-state index in [0.29, 0.717) is 18.1 Å². The molecular formula is C20H26IN5O2. The van der Waals surface area contributed by atoms with Crippen molar-refractivity contribution in [1.29, 1.82) is 0 Å². The SMILES string of the molecule is CN=C(NCc1ccccc1[N+](=O)[O-])NC1CCN(c2ccc(C)cc2)C1.I. The Bertz CT molecular complexity index is 826. The lowest BCUT2D eigenvalue weighted by Gasteiger charge is -2.20. The Hall–Kier alpha value is -2.36. The summed E-state index contributed by atoms with van der Waals surface area (Å²) < 4.78 is 0. The Morgan fingerprint density at radius 1 is 1.25 bits per heavy atom. The van der Waals surface area contributed by atoms with E-state index < -0.39 is 0 Å². The van der Waals surface area contributed by atoms with Crippen LogP contribution >= 0.6 is 24.0 Å². The average molecular weight is 495 g/mol. The summed E-state index contributed by atoms with van der Waals surface area (Å²) in [6.07, 6.45) is 1.01. The number of hydrogen-bond donors (Lipinski definition) is 2. The van der Waals surface area contributed by atoms with Crippen molar-refractivity contribution in [2.75, 3.05) is 25.0 Å². The monoisotopic (exact) mass is 495 g/mol. The number of nitro benzene ring substituents is 1. The van der Waals surface area contributed by atoms with Crippen molar-refractivity contribution in [1.82, 2.24) is 10.6 Å². The van der Waals surface area contributed by atoms with E-state index in [1.807, 2.05) is 0 Å². The number of halogens is 1. The molecule has 1 atom stereocenters. The minimum absolute atomic E-state index is 0. The van der Waals surface area contributed by atoms with Crippen LogP contribution in [0.5, 0.6) is 0 Å². The van der Waals surface area contributed by atoms with E-state index in [1.54, 1.807) is 25.2 Å². The molecule has 28 heavy (non-hydrogen) atoms. The zero-order chi connectivity index (χ0) is 19.2. The third-order valence-corrected chi connectivity index (χ3v) is 4.79. The maximum atomic E-state index is 11.1. The van der Waals surface area contributed by atoms with E-state index in [-0.39, 0.29) is 40.6 Å². The molecule has 0 aliphatic carbocycles. The maximum Gasteiger partial charge on any atom is 0.274 e. The van der Waals surface area contributed by atoms with Crippen LogP contribution in [0.2, 0.25) is 0 Å². The van der Waals surface area contributed by atoms with Crippen LogP contribution in [0.25, 0.3) is 0 Å². The number of nitrogens with one attached hydrogen (secondary N) is 2. The first-order valence-corrected chi connectivity index (χ1v) is 9.08. The fourth-order valence-corrected chi connectivity index (χ4v) is 3.27. The van der Waals surface area contributed by atoms with Crippen molar-refractivity contribution < 1.29 is 4.92 Å². The number of guanidine groups is 1. The van der Waals surface area contributed by atoms with E-state index in [2.05, 4.69) is 51.7 Å². The Labute approximate surface area is 182 Å². The summed E-state index contributed by atoms with van der Waals surface area (Å²) in [6.45, 7) is 4.33. The number of hydrogen-bond acceptors (Lipinski definition) is 4. The highest BCUT2D eigenvalue weighted by Crippen LogP contribution is 2.21. The van der Waals surface area contributed by atoms with Crippen LogP contribution in [-0.2, 0) is 6.54 Å². The third kappa shape index (κ3) is 5.57. The van der Waals surface area contributed by atoms with Crippen LogP contribution in [0.3, 0.4) is 0 Å². The standard InChI is InChI=1S/C20H25N5O2.HI/c1-15-7-9-18(10-8-15)24-12-11-17(14-24)23-20(21-2)22-13-16-5-3-4-6-19(16)25(26)27;/h3-10,17H,11-14H2,1-2H3,(H2,21,22,23);1H. The van der Waals surface area contributed by atoms with Gasteiger partial charge in [-0.3, -0.25) is 15.1 Å². The van der Waals surface area contributed by atoms with Gasteiger partial charge >= 0.3 is 0 Å². The molecule has 0 amide bonds. The summed E-state index contributed by atoms with van der Waals surface area (Å²) >= 11 is 0. The largest absolute Gasteiger partial charge is 0.369 e. The first-order chi connectivity index (χ1) is 13.1. The second kappa shape index (κ2) is 10.3. The molecule has 1 aliphatic rings. The molecule has 2 N–H and O–H groups in total. The smallest absolute Gasteiger partial charge is 0.274 e. The summed E-state index contributed by atoms with van der Waals surface area (Å²) in [5, 5.41) is 17.7. The number of para-hydroxylation sites is 1. The van der Waals surface area contributed by atoms with Crippen molar-refractivity contribution in [3.8, 4) is 0 Å². The van der Waals surface area contributed by atoms with Gasteiger partial charge in [0.05, 0.1) is 4.92 Å². The summed E-state index contributed by atoms with van der Waals surface area (Å²) in [5.41, 5.74) is 3.24. The number of nitrogens with zero attached hydrogens (tertiary/aromatic N) is 3. The first kappa shape index (κ1) is 21.9. The lowest BCUT2D eigenvalue weighted by atomic mass is 10.2. The van der Waals surface area contributed by atoms with Gasteiger partial charge in [0.15, 0.2) is 5.96 Å². The second-order valence-corrected chi connectivity index (χ2v) is 6.72. The molecule has 0 spiro atoms. The van der Waals surface area contributed by atoms with E-state index in [0.717, 1.165) is 19.5 Å². The van der Waals surface area contributed by atoms with Gasteiger partial charge in [-0.15, -0.1) is 24.0 Å². The molecule has 1 unspecified atom stereocenters. The predicted octanol–water partition coefficient (Wildman–Crippen LogP) is 3.47. The Balaban J connectivity index is 0.00000280. The highest BCUT2D eigenvalue weighted by atomic mass is 127. The second-order valence-electron chi connectivity index (χ2n) is 6.72. The fraction of sp³-hybridized carbons (Fsp3) is 0.350. The molecular weight excluding hydrogens is 469 g/mol. The fourth-order valence-electron chi connectivity index (χ4n) is 3.27. The van der Waals surface area contributed by atoms with Gasteiger partial charge in [-0.05, 0) is 25.5 Å². The van der Waals surface area contributed by atoms with Crippen LogP contribution in [0.4, 0.5) is 11.4 Å². The first-order valence-electron chi connectivity index (χ1n) is 9.08. The number of benzene rings is 2. The minimum Gasteiger partial charge on any atom is -0.369 e. The normalized spacial score (nSPS) is 16.4. The van der Waals surface area contributed by atoms with Gasteiger partial charge in [0, 0.05) is 50.0 Å². The summed E-state index contributed by atoms with van der Waals surface area (Å²) in [4.78, 5) is 17.4. The molecule has 2 aromatic carbocycles. The molecule has 0 saturated carbocycles. The predicted molar refractivity (Wildman–Crippen MR) is 124 cm³/mol. The summed E-state index contributed by atoms with van der Waals surface area (Å²) in [6, 6.07) is 15.6. The molecule has 3 rings (SSSR count). The molecule has 0 radical (unpaired) electrons. The zero-order valence-electron chi connectivity index (χ0n) is 16.1. The Morgan fingerprint density at radius 2 is 1.96 bits per heavy atom. The third-order valence-electron chi connectivity index (χ3n) is 4.79. The van der Waals surface area contributed by atoms with Gasteiger partial charge < -0.3 is 15.5 Å². The van der Waals surface area contributed by atoms with Crippen molar-refractivity contribution in [2.24, 2.45) is 4.99 Å². The van der Waals surface area contributed by atoms with Crippen molar-refractivity contribution >= 4 is 41.3 Å². The van der Waals surface area contributed by atoms with Crippen molar-refractivity contribution in [3.63, 3.8) is 0 Å². The number of rotatable bonds is 5. The lowest BCUT2D eigenvalue weighted by Crippen LogP contribution is -2.44. The van der Waals surface area contributed by atoms with E-state index in [4.69, 9.17) is 0 Å². The van der Waals surface area contributed by atoms with Crippen molar-refractivity contribution in [2.45, 2.75) is 25.9 Å². The molecule has 1 saturated heterocycles. The highest BCUT2D eigenvalue weighted by Gasteiger charge is 2.23. The van der Waals surface area contributed by atoms with Gasteiger partial charge in [-0.2, -0.15) is 0 Å². The molecule has 0 aromatic heterocycles. The molecule has 150 valence electrons. The van der Waals surface area contributed by atoms with Gasteiger partial charge in [-0.1, -0.05) is 35.9 Å². The maximum absolute atomic E-state index is 11.1. The van der Waals surface area contributed by atoms with Crippen LogP contribution in [-0.4, -0.2) is 37.1 Å². The van der Waals surface area contributed by atoms with Crippen LogP contribution in [0, 0.1) is 17.0 Å². The number of aliphatic imine (C=N–C) groups is 1. The molecule has 8 heteroatoms. The molecule has 2 aromatic rings. The van der Waals surface area contributed by atoms with E-state index in [1.165, 1.54) is 17.3 Å². The Morgan fingerprint density at radius 3 is 2.64 bits per heavy atom. The number of anilines is 1. The number of aryl methyl sites for hydroxylation is 1. The van der Waals surface area contributed by atoms with Crippen molar-refractivity contribution in [3.05, 3.63) is 69.8 Å². The summed E-state index contributed by atoms with van der Waals surface area (Å²) in [7, 11) is 1.71. The number of nitro groups is 1. The average Bonchev–Trinajstić information content (AvgIpc) is 3.14. The Kier molecular flexibility index (Phi) is 8.04. The molecule has 1 fully saturated rings. The van der Waals surface area contributed by atoms with E-state index in [9.17, 15) is 10.1 Å². The molecule has 0 bridgehead atoms.